The van der Waals surface area contributed by atoms with E-state index in [-0.39, 0.29) is 0 Å². The number of hydrogen-bond acceptors (Lipinski definition) is 2. The van der Waals surface area contributed by atoms with Gasteiger partial charge in [0.05, 0.1) is 0 Å². The van der Waals surface area contributed by atoms with Crippen molar-refractivity contribution in [3.05, 3.63) is 0 Å². The summed E-state index contributed by atoms with van der Waals surface area (Å²) in [4.78, 5) is 2.76. The fraction of sp³-hybridized carbons (Fsp3) is 1.00. The van der Waals surface area contributed by atoms with E-state index in [9.17, 15) is 0 Å². The van der Waals surface area contributed by atoms with Crippen LogP contribution in [-0.4, -0.2) is 36.7 Å². The minimum Gasteiger partial charge on any atom is -0.381 e. The second-order valence-corrected chi connectivity index (χ2v) is 4.43. The molecule has 0 radical (unpaired) electrons. The molecular weight excluding hydrogens is 150 g/mol. The Hall–Kier alpha value is -0.0800. The fourth-order valence-corrected chi connectivity index (χ4v) is 2.90. The number of fused-ring (bicyclic) bond motifs is 1. The van der Waals surface area contributed by atoms with Crippen molar-refractivity contribution < 1.29 is 4.74 Å². The Morgan fingerprint density at radius 2 is 1.92 bits per heavy atom. The van der Waals surface area contributed by atoms with E-state index in [1.54, 1.807) is 0 Å². The molecule has 2 heteroatoms. The smallest absolute Gasteiger partial charge is 0.0480 e. The number of rotatable bonds is 1. The molecule has 2 aliphatic heterocycles. The van der Waals surface area contributed by atoms with Crippen molar-refractivity contribution >= 4 is 0 Å². The molecule has 1 aliphatic carbocycles. The zero-order chi connectivity index (χ0) is 7.97. The quantitative estimate of drug-likeness (QED) is 0.583. The largest absolute Gasteiger partial charge is 0.381 e. The van der Waals surface area contributed by atoms with Crippen molar-refractivity contribution in [2.45, 2.75) is 37.8 Å². The summed E-state index contributed by atoms with van der Waals surface area (Å²) in [5.74, 6) is 1.09. The Labute approximate surface area is 73.9 Å². The van der Waals surface area contributed by atoms with Gasteiger partial charge in [0.2, 0.25) is 0 Å². The summed E-state index contributed by atoms with van der Waals surface area (Å²) < 4.78 is 5.38. The topological polar surface area (TPSA) is 12.5 Å². The average molecular weight is 167 g/mol. The summed E-state index contributed by atoms with van der Waals surface area (Å²) in [5, 5.41) is 0. The van der Waals surface area contributed by atoms with Gasteiger partial charge < -0.3 is 4.74 Å². The minimum atomic E-state index is 0.872. The third-order valence-corrected chi connectivity index (χ3v) is 3.73. The minimum absolute atomic E-state index is 0.872. The van der Waals surface area contributed by atoms with E-state index in [0.29, 0.717) is 0 Å². The van der Waals surface area contributed by atoms with Crippen molar-refractivity contribution in [1.29, 1.82) is 0 Å². The van der Waals surface area contributed by atoms with Crippen LogP contribution < -0.4 is 0 Å². The van der Waals surface area contributed by atoms with Gasteiger partial charge in [0.15, 0.2) is 0 Å². The Morgan fingerprint density at radius 1 is 1.08 bits per heavy atom. The number of likely N-dealkylation sites (tertiary alicyclic amines) is 1. The Balaban J connectivity index is 1.63. The van der Waals surface area contributed by atoms with Gasteiger partial charge in [-0.2, -0.15) is 0 Å². The van der Waals surface area contributed by atoms with Gasteiger partial charge in [0, 0.05) is 25.3 Å². The van der Waals surface area contributed by atoms with Crippen LogP contribution in [0.3, 0.4) is 0 Å². The first-order valence-corrected chi connectivity index (χ1v) is 5.28. The Kier molecular flexibility index (Phi) is 1.66. The molecule has 0 spiro atoms. The van der Waals surface area contributed by atoms with Gasteiger partial charge in [0.1, 0.15) is 0 Å². The van der Waals surface area contributed by atoms with Gasteiger partial charge in [-0.25, -0.2) is 0 Å². The fourth-order valence-electron chi connectivity index (χ4n) is 2.90. The lowest BCUT2D eigenvalue weighted by Crippen LogP contribution is -2.39. The summed E-state index contributed by atoms with van der Waals surface area (Å²) in [6.07, 6.45) is 5.53. The SMILES string of the molecule is C1CC(N2CCC3CC32)CCO1. The molecular formula is C10H17NO. The van der Waals surface area contributed by atoms with E-state index in [1.165, 1.54) is 32.2 Å². The first kappa shape index (κ1) is 7.34. The van der Waals surface area contributed by atoms with Gasteiger partial charge in [-0.3, -0.25) is 4.90 Å². The molecule has 0 bridgehead atoms. The number of piperidine rings is 1. The average Bonchev–Trinajstić information content (AvgIpc) is 2.80. The van der Waals surface area contributed by atoms with Crippen LogP contribution in [0.25, 0.3) is 0 Å². The van der Waals surface area contributed by atoms with Gasteiger partial charge >= 0.3 is 0 Å². The molecule has 2 heterocycles. The monoisotopic (exact) mass is 167 g/mol. The number of hydrogen-bond donors (Lipinski definition) is 0. The molecule has 3 rings (SSSR count). The molecule has 1 saturated carbocycles. The maximum Gasteiger partial charge on any atom is 0.0480 e. The number of nitrogens with zero attached hydrogens (tertiary/aromatic N) is 1. The van der Waals surface area contributed by atoms with Crippen molar-refractivity contribution in [3.63, 3.8) is 0 Å². The van der Waals surface area contributed by atoms with Crippen LogP contribution in [0, 0.1) is 5.92 Å². The second kappa shape index (κ2) is 2.71. The standard InChI is InChI=1S/C10H17NO/c1-4-11(10-7-8(1)10)9-2-5-12-6-3-9/h8-10H,1-7H2. The molecule has 2 saturated heterocycles. The highest BCUT2D eigenvalue weighted by Crippen LogP contribution is 2.46. The Bertz CT molecular complexity index is 177. The molecule has 12 heavy (non-hydrogen) atoms. The molecule has 0 N–H and O–H groups in total. The zero-order valence-corrected chi connectivity index (χ0v) is 7.54. The molecule has 3 fully saturated rings. The third kappa shape index (κ3) is 1.09. The predicted octanol–water partition coefficient (Wildman–Crippen LogP) is 1.26. The Morgan fingerprint density at radius 3 is 2.50 bits per heavy atom. The van der Waals surface area contributed by atoms with E-state index in [4.69, 9.17) is 4.74 Å². The van der Waals surface area contributed by atoms with E-state index < -0.39 is 0 Å². The van der Waals surface area contributed by atoms with Crippen molar-refractivity contribution in [2.75, 3.05) is 19.8 Å². The maximum absolute atomic E-state index is 5.38. The van der Waals surface area contributed by atoms with Crippen LogP contribution in [0.15, 0.2) is 0 Å². The highest BCUT2D eigenvalue weighted by Gasteiger charge is 2.48. The number of ether oxygens (including phenoxy) is 1. The van der Waals surface area contributed by atoms with Crippen LogP contribution in [-0.2, 0) is 4.74 Å². The van der Waals surface area contributed by atoms with E-state index >= 15 is 0 Å². The molecule has 2 unspecified atom stereocenters. The zero-order valence-electron chi connectivity index (χ0n) is 7.54. The molecule has 2 atom stereocenters. The highest BCUT2D eigenvalue weighted by molar-refractivity contribution is 5.03. The van der Waals surface area contributed by atoms with E-state index in [2.05, 4.69) is 4.90 Å². The maximum atomic E-state index is 5.38. The molecule has 3 aliphatic rings. The molecule has 0 aromatic rings. The van der Waals surface area contributed by atoms with Crippen LogP contribution in [0.1, 0.15) is 25.7 Å². The molecule has 0 amide bonds. The predicted molar refractivity (Wildman–Crippen MR) is 47.1 cm³/mol. The van der Waals surface area contributed by atoms with Gasteiger partial charge in [0.25, 0.3) is 0 Å². The summed E-state index contributed by atoms with van der Waals surface area (Å²) in [7, 11) is 0. The van der Waals surface area contributed by atoms with E-state index in [0.717, 1.165) is 31.2 Å². The van der Waals surface area contributed by atoms with Gasteiger partial charge in [-0.05, 0) is 38.1 Å². The molecule has 68 valence electrons. The van der Waals surface area contributed by atoms with Crippen molar-refractivity contribution in [1.82, 2.24) is 4.90 Å². The lowest BCUT2D eigenvalue weighted by atomic mass is 10.1. The van der Waals surface area contributed by atoms with Crippen LogP contribution in [0.2, 0.25) is 0 Å². The van der Waals surface area contributed by atoms with Crippen LogP contribution in [0.5, 0.6) is 0 Å². The first-order valence-electron chi connectivity index (χ1n) is 5.28. The van der Waals surface area contributed by atoms with Gasteiger partial charge in [-0.1, -0.05) is 0 Å². The van der Waals surface area contributed by atoms with Crippen molar-refractivity contribution in [3.8, 4) is 0 Å². The summed E-state index contributed by atoms with van der Waals surface area (Å²) in [5.41, 5.74) is 0. The van der Waals surface area contributed by atoms with Crippen molar-refractivity contribution in [2.24, 2.45) is 5.92 Å². The lowest BCUT2D eigenvalue weighted by Gasteiger charge is -2.32. The van der Waals surface area contributed by atoms with Gasteiger partial charge in [-0.15, -0.1) is 0 Å². The van der Waals surface area contributed by atoms with Crippen LogP contribution >= 0.6 is 0 Å². The van der Waals surface area contributed by atoms with E-state index in [1.807, 2.05) is 0 Å². The normalized spacial score (nSPS) is 43.0. The summed E-state index contributed by atoms with van der Waals surface area (Å²) in [6.45, 7) is 3.37. The third-order valence-electron chi connectivity index (χ3n) is 3.73. The summed E-state index contributed by atoms with van der Waals surface area (Å²) in [6, 6.07) is 1.87. The molecule has 2 nitrogen and oxygen atoms in total. The first-order chi connectivity index (χ1) is 5.95. The van der Waals surface area contributed by atoms with Crippen LogP contribution in [0.4, 0.5) is 0 Å². The summed E-state index contributed by atoms with van der Waals surface area (Å²) >= 11 is 0. The second-order valence-electron chi connectivity index (χ2n) is 4.43. The molecule has 0 aromatic carbocycles. The molecule has 0 aromatic heterocycles. The lowest BCUT2D eigenvalue weighted by molar-refractivity contribution is 0.0366. The highest BCUT2D eigenvalue weighted by atomic mass is 16.5.